The zero-order valence-electron chi connectivity index (χ0n) is 11.2. The lowest BCUT2D eigenvalue weighted by Gasteiger charge is -2.12. The quantitative estimate of drug-likeness (QED) is 0.549. The van der Waals surface area contributed by atoms with Crippen molar-refractivity contribution < 1.29 is 0 Å². The second kappa shape index (κ2) is 5.72. The normalized spacial score (nSPS) is 12.2. The number of benzene rings is 1. The number of para-hydroxylation sites is 1. The first-order chi connectivity index (χ1) is 10.2. The van der Waals surface area contributed by atoms with E-state index in [-0.39, 0.29) is 10.8 Å². The summed E-state index contributed by atoms with van der Waals surface area (Å²) in [5.41, 5.74) is 0.663. The molecule has 3 aromatic rings. The predicted molar refractivity (Wildman–Crippen MR) is 86.1 cm³/mol. The van der Waals surface area contributed by atoms with Crippen molar-refractivity contribution in [1.82, 2.24) is 9.55 Å². The summed E-state index contributed by atoms with van der Waals surface area (Å²) in [6.45, 7) is 1.80. The molecule has 0 aliphatic rings. The van der Waals surface area contributed by atoms with Crippen LogP contribution >= 0.6 is 23.1 Å². The first-order valence-electron chi connectivity index (χ1n) is 6.32. The van der Waals surface area contributed by atoms with Gasteiger partial charge in [0.05, 0.1) is 22.4 Å². The highest BCUT2D eigenvalue weighted by Gasteiger charge is 2.16. The molecule has 1 atom stereocenters. The molecular formula is C15H11N3OS2. The van der Waals surface area contributed by atoms with Crippen LogP contribution in [0, 0.1) is 11.3 Å². The Hall–Kier alpha value is -2.10. The molecule has 0 radical (unpaired) electrons. The van der Waals surface area contributed by atoms with Crippen LogP contribution in [0.1, 0.15) is 6.92 Å². The number of thioether (sulfide) groups is 1. The number of nitriles is 1. The van der Waals surface area contributed by atoms with Gasteiger partial charge < -0.3 is 0 Å². The maximum atomic E-state index is 12.7. The second-order valence-electron chi connectivity index (χ2n) is 4.40. The molecule has 2 aromatic heterocycles. The third kappa shape index (κ3) is 2.58. The zero-order valence-corrected chi connectivity index (χ0v) is 12.8. The Morgan fingerprint density at radius 1 is 1.33 bits per heavy atom. The molecule has 104 valence electrons. The Morgan fingerprint density at radius 3 is 2.81 bits per heavy atom. The fourth-order valence-corrected chi connectivity index (χ4v) is 3.58. The summed E-state index contributed by atoms with van der Waals surface area (Å²) in [7, 11) is 0. The van der Waals surface area contributed by atoms with Gasteiger partial charge in [-0.15, -0.1) is 11.3 Å². The number of hydrogen-bond acceptors (Lipinski definition) is 5. The minimum atomic E-state index is -0.274. The minimum absolute atomic E-state index is 0.0971. The Balaban J connectivity index is 2.29. The van der Waals surface area contributed by atoms with Gasteiger partial charge in [-0.25, -0.2) is 4.98 Å². The molecule has 2 heterocycles. The highest BCUT2D eigenvalue weighted by atomic mass is 32.2. The molecule has 21 heavy (non-hydrogen) atoms. The summed E-state index contributed by atoms with van der Waals surface area (Å²) in [5.74, 6) is 0. The minimum Gasteiger partial charge on any atom is -0.268 e. The molecule has 0 aliphatic carbocycles. The Labute approximate surface area is 129 Å². The molecule has 0 bridgehead atoms. The summed E-state index contributed by atoms with van der Waals surface area (Å²) in [5, 5.41) is 11.8. The van der Waals surface area contributed by atoms with Crippen molar-refractivity contribution in [1.29, 1.82) is 5.26 Å². The smallest absolute Gasteiger partial charge is 0.267 e. The van der Waals surface area contributed by atoms with Crippen LogP contribution in [0.5, 0.6) is 0 Å². The first kappa shape index (κ1) is 13.9. The molecule has 0 unspecified atom stereocenters. The Bertz CT molecular complexity index is 877. The number of rotatable bonds is 3. The van der Waals surface area contributed by atoms with Gasteiger partial charge in [0.15, 0.2) is 5.16 Å². The van der Waals surface area contributed by atoms with Gasteiger partial charge in [0, 0.05) is 0 Å². The van der Waals surface area contributed by atoms with Crippen LogP contribution in [0.15, 0.2) is 51.7 Å². The first-order valence-corrected chi connectivity index (χ1v) is 8.08. The fraction of sp³-hybridized carbons (Fsp3) is 0.133. The largest absolute Gasteiger partial charge is 0.268 e. The van der Waals surface area contributed by atoms with E-state index in [1.807, 2.05) is 35.7 Å². The van der Waals surface area contributed by atoms with Gasteiger partial charge in [-0.1, -0.05) is 30.0 Å². The molecule has 4 nitrogen and oxygen atoms in total. The van der Waals surface area contributed by atoms with E-state index in [2.05, 4.69) is 11.1 Å². The highest BCUT2D eigenvalue weighted by molar-refractivity contribution is 8.00. The van der Waals surface area contributed by atoms with Crippen LogP contribution in [0.3, 0.4) is 0 Å². The summed E-state index contributed by atoms with van der Waals surface area (Å²) >= 11 is 2.73. The lowest BCUT2D eigenvalue weighted by atomic mass is 10.3. The number of thiophene rings is 1. The van der Waals surface area contributed by atoms with Crippen molar-refractivity contribution >= 4 is 33.3 Å². The Kier molecular flexibility index (Phi) is 3.78. The van der Waals surface area contributed by atoms with Crippen molar-refractivity contribution in [2.75, 3.05) is 0 Å². The molecular weight excluding hydrogens is 302 g/mol. The van der Waals surface area contributed by atoms with Crippen LogP contribution in [-0.2, 0) is 0 Å². The molecule has 0 N–H and O–H groups in total. The predicted octanol–water partition coefficient (Wildman–Crippen LogP) is 3.45. The average Bonchev–Trinajstić information content (AvgIpc) is 2.97. The maximum Gasteiger partial charge on any atom is 0.267 e. The summed E-state index contributed by atoms with van der Waals surface area (Å²) in [4.78, 5) is 18.0. The topological polar surface area (TPSA) is 58.7 Å². The van der Waals surface area contributed by atoms with E-state index in [1.54, 1.807) is 17.6 Å². The van der Waals surface area contributed by atoms with Crippen molar-refractivity contribution in [3.05, 3.63) is 52.1 Å². The van der Waals surface area contributed by atoms with E-state index in [4.69, 9.17) is 5.26 Å². The molecule has 6 heteroatoms. The SMILES string of the molecule is C[C@H](C#N)Sc1nc2sccc2c(=O)n1-c1ccccc1. The van der Waals surface area contributed by atoms with Crippen molar-refractivity contribution in [3.63, 3.8) is 0 Å². The number of nitrogens with zero attached hydrogens (tertiary/aromatic N) is 3. The van der Waals surface area contributed by atoms with E-state index < -0.39 is 0 Å². The van der Waals surface area contributed by atoms with Crippen molar-refractivity contribution in [2.45, 2.75) is 17.3 Å². The number of aromatic nitrogens is 2. The van der Waals surface area contributed by atoms with Gasteiger partial charge in [0.1, 0.15) is 4.83 Å². The zero-order chi connectivity index (χ0) is 14.8. The lowest BCUT2D eigenvalue weighted by molar-refractivity contribution is 0.821. The highest BCUT2D eigenvalue weighted by Crippen LogP contribution is 2.26. The van der Waals surface area contributed by atoms with Crippen molar-refractivity contribution in [3.8, 4) is 11.8 Å². The summed E-state index contributed by atoms with van der Waals surface area (Å²) in [6.07, 6.45) is 0. The molecule has 0 aliphatic heterocycles. The maximum absolute atomic E-state index is 12.7. The van der Waals surface area contributed by atoms with Crippen LogP contribution in [0.25, 0.3) is 15.9 Å². The molecule has 0 saturated heterocycles. The molecule has 1 aromatic carbocycles. The van der Waals surface area contributed by atoms with Gasteiger partial charge in [-0.2, -0.15) is 5.26 Å². The van der Waals surface area contributed by atoms with Gasteiger partial charge in [0.2, 0.25) is 0 Å². The van der Waals surface area contributed by atoms with E-state index in [1.165, 1.54) is 23.1 Å². The van der Waals surface area contributed by atoms with Gasteiger partial charge in [-0.3, -0.25) is 9.36 Å². The molecule has 0 fully saturated rings. The van der Waals surface area contributed by atoms with E-state index in [9.17, 15) is 4.79 Å². The second-order valence-corrected chi connectivity index (χ2v) is 6.60. The molecule has 0 spiro atoms. The van der Waals surface area contributed by atoms with Crippen LogP contribution in [-0.4, -0.2) is 14.8 Å². The standard InChI is InChI=1S/C15H11N3OS2/c1-10(9-16)21-15-17-13-12(7-8-20-13)14(19)18(15)11-5-3-2-4-6-11/h2-8,10H,1H3/t10-/m1/s1. The molecule has 0 saturated carbocycles. The van der Waals surface area contributed by atoms with Crippen molar-refractivity contribution in [2.24, 2.45) is 0 Å². The number of hydrogen-bond donors (Lipinski definition) is 0. The Morgan fingerprint density at radius 2 is 2.10 bits per heavy atom. The molecule has 3 rings (SSSR count). The molecule has 0 amide bonds. The lowest BCUT2D eigenvalue weighted by Crippen LogP contribution is -2.21. The van der Waals surface area contributed by atoms with Gasteiger partial charge in [0.25, 0.3) is 5.56 Å². The van der Waals surface area contributed by atoms with Gasteiger partial charge in [-0.05, 0) is 30.5 Å². The third-order valence-electron chi connectivity index (χ3n) is 2.95. The van der Waals surface area contributed by atoms with E-state index in [0.29, 0.717) is 15.4 Å². The van der Waals surface area contributed by atoms with E-state index in [0.717, 1.165) is 5.69 Å². The fourth-order valence-electron chi connectivity index (χ4n) is 1.96. The van der Waals surface area contributed by atoms with Gasteiger partial charge >= 0.3 is 0 Å². The average molecular weight is 313 g/mol. The van der Waals surface area contributed by atoms with Crippen LogP contribution in [0.4, 0.5) is 0 Å². The number of fused-ring (bicyclic) bond motifs is 1. The summed E-state index contributed by atoms with van der Waals surface area (Å²) < 4.78 is 1.58. The van der Waals surface area contributed by atoms with Crippen LogP contribution < -0.4 is 5.56 Å². The summed E-state index contributed by atoms with van der Waals surface area (Å²) in [6, 6.07) is 13.3. The monoisotopic (exact) mass is 313 g/mol. The third-order valence-corrected chi connectivity index (χ3v) is 4.70. The van der Waals surface area contributed by atoms with Crippen LogP contribution in [0.2, 0.25) is 0 Å². The van der Waals surface area contributed by atoms with E-state index >= 15 is 0 Å².